The molecule has 16 aromatic carbocycles. The second kappa shape index (κ2) is 24.3. The molecule has 0 amide bonds. The van der Waals surface area contributed by atoms with Crippen LogP contribution in [0.25, 0.3) is 77.2 Å². The Morgan fingerprint density at radius 1 is 0.200 bits per heavy atom. The molecule has 0 saturated heterocycles. The fourth-order valence-electron chi connectivity index (χ4n) is 17.2. The molecule has 0 spiro atoms. The molecule has 16 aromatic rings. The quantitative estimate of drug-likeness (QED) is 0.114. The van der Waals surface area contributed by atoms with Crippen LogP contribution in [0.3, 0.4) is 0 Å². The lowest BCUT2D eigenvalue weighted by Gasteiger charge is -2.36. The molecule has 0 N–H and O–H groups in total. The first-order valence-corrected chi connectivity index (χ1v) is 35.0. The van der Waals surface area contributed by atoms with Gasteiger partial charge in [0.2, 0.25) is 0 Å². The summed E-state index contributed by atoms with van der Waals surface area (Å²) in [6, 6.07) is 136. The molecular weight excluding hydrogens is 1210 g/mol. The summed E-state index contributed by atoms with van der Waals surface area (Å²) in [7, 11) is 0. The molecule has 0 saturated carbocycles. The van der Waals surface area contributed by atoms with Crippen LogP contribution in [-0.2, 0) is 10.8 Å². The monoisotopic (exact) mass is 1280 g/mol. The summed E-state index contributed by atoms with van der Waals surface area (Å²) < 4.78 is 0. The van der Waals surface area contributed by atoms with Crippen molar-refractivity contribution in [1.29, 1.82) is 0 Å². The van der Waals surface area contributed by atoms with Gasteiger partial charge in [0.05, 0.1) is 22.2 Å². The fourth-order valence-corrected chi connectivity index (χ4v) is 17.2. The molecule has 474 valence electrons. The molecule has 0 radical (unpaired) electrons. The molecule has 0 fully saturated rings. The minimum atomic E-state index is -0.583. The molecule has 2 aliphatic rings. The van der Waals surface area contributed by atoms with Crippen molar-refractivity contribution < 1.29 is 0 Å². The third kappa shape index (κ3) is 9.54. The molecule has 0 unspecified atom stereocenters. The Hall–Kier alpha value is -12.4. The summed E-state index contributed by atoms with van der Waals surface area (Å²) in [6.07, 6.45) is 0. The number of rotatable bonds is 13. The van der Waals surface area contributed by atoms with Gasteiger partial charge in [-0.15, -0.1) is 0 Å². The maximum absolute atomic E-state index is 2.56. The van der Waals surface area contributed by atoms with Crippen LogP contribution >= 0.6 is 0 Å². The normalized spacial score (nSPS) is 13.0. The lowest BCUT2D eigenvalue weighted by atomic mass is 9.67. The molecule has 2 nitrogen and oxygen atoms in total. The Bertz CT molecular complexity index is 5410. The number of aryl methyl sites for hydroxylation is 4. The number of anilines is 6. The van der Waals surface area contributed by atoms with Crippen molar-refractivity contribution in [2.75, 3.05) is 9.80 Å². The molecule has 0 bridgehead atoms. The van der Waals surface area contributed by atoms with Crippen LogP contribution in [0.15, 0.2) is 364 Å². The summed E-state index contributed by atoms with van der Waals surface area (Å²) in [4.78, 5) is 5.12. The number of fused-ring (bicyclic) bond motifs is 8. The smallest absolute Gasteiger partial charge is 0.0714 e. The summed E-state index contributed by atoms with van der Waals surface area (Å²) in [5, 5.41) is 4.87. The highest BCUT2D eigenvalue weighted by molar-refractivity contribution is 5.99. The Morgan fingerprint density at radius 3 is 0.900 bits per heavy atom. The third-order valence-electron chi connectivity index (χ3n) is 21.7. The van der Waals surface area contributed by atoms with Crippen molar-refractivity contribution in [3.05, 3.63) is 431 Å². The number of hydrogen-bond donors (Lipinski definition) is 0. The highest BCUT2D eigenvalue weighted by Gasteiger charge is 2.48. The van der Waals surface area contributed by atoms with E-state index in [4.69, 9.17) is 0 Å². The Balaban J connectivity index is 0.816. The highest BCUT2D eigenvalue weighted by atomic mass is 15.2. The molecule has 0 aliphatic heterocycles. The van der Waals surface area contributed by atoms with E-state index in [-0.39, 0.29) is 0 Å². The summed E-state index contributed by atoms with van der Waals surface area (Å²) in [6.45, 7) is 9.15. The van der Waals surface area contributed by atoms with Crippen molar-refractivity contribution in [2.24, 2.45) is 0 Å². The lowest BCUT2D eigenvalue weighted by molar-refractivity contribution is 0.768. The van der Waals surface area contributed by atoms with Crippen molar-refractivity contribution in [1.82, 2.24) is 0 Å². The first kappa shape index (κ1) is 60.1. The van der Waals surface area contributed by atoms with Gasteiger partial charge in [-0.2, -0.15) is 0 Å². The van der Waals surface area contributed by atoms with Crippen LogP contribution in [0, 0.1) is 27.7 Å². The van der Waals surface area contributed by atoms with Gasteiger partial charge in [-0.1, -0.05) is 303 Å². The average Bonchev–Trinajstić information content (AvgIpc) is 1.54. The second-order valence-corrected chi connectivity index (χ2v) is 27.3. The van der Waals surface area contributed by atoms with Gasteiger partial charge in [0.25, 0.3) is 0 Å². The maximum Gasteiger partial charge on any atom is 0.0714 e. The van der Waals surface area contributed by atoms with E-state index >= 15 is 0 Å². The van der Waals surface area contributed by atoms with Crippen LogP contribution in [-0.4, -0.2) is 0 Å². The van der Waals surface area contributed by atoms with Gasteiger partial charge >= 0.3 is 0 Å². The predicted molar refractivity (Wildman–Crippen MR) is 421 cm³/mol. The first-order chi connectivity index (χ1) is 49.2. The fraction of sp³-hybridized carbons (Fsp3) is 0.0612. The van der Waals surface area contributed by atoms with E-state index in [9.17, 15) is 0 Å². The van der Waals surface area contributed by atoms with Gasteiger partial charge in [0, 0.05) is 33.9 Å². The largest absolute Gasteiger partial charge is 0.309 e. The molecule has 100 heavy (non-hydrogen) atoms. The van der Waals surface area contributed by atoms with E-state index in [0.717, 1.165) is 56.4 Å². The van der Waals surface area contributed by atoms with Crippen LogP contribution < -0.4 is 9.80 Å². The lowest BCUT2D eigenvalue weighted by Crippen LogP contribution is -2.28. The topological polar surface area (TPSA) is 6.48 Å². The Labute approximate surface area is 586 Å². The van der Waals surface area contributed by atoms with Crippen LogP contribution in [0.4, 0.5) is 34.1 Å². The second-order valence-electron chi connectivity index (χ2n) is 27.3. The first-order valence-electron chi connectivity index (χ1n) is 35.0. The van der Waals surface area contributed by atoms with E-state index in [1.807, 2.05) is 0 Å². The van der Waals surface area contributed by atoms with Gasteiger partial charge < -0.3 is 9.80 Å². The van der Waals surface area contributed by atoms with E-state index in [0.29, 0.717) is 0 Å². The molecule has 0 aromatic heterocycles. The van der Waals surface area contributed by atoms with Crippen molar-refractivity contribution in [2.45, 2.75) is 38.5 Å². The predicted octanol–water partition coefficient (Wildman–Crippen LogP) is 25.9. The van der Waals surface area contributed by atoms with Crippen LogP contribution in [0.5, 0.6) is 0 Å². The minimum absolute atomic E-state index is 0.583. The maximum atomic E-state index is 2.56. The number of para-hydroxylation sites is 2. The van der Waals surface area contributed by atoms with Gasteiger partial charge in [-0.25, -0.2) is 0 Å². The van der Waals surface area contributed by atoms with Gasteiger partial charge in [-0.3, -0.25) is 0 Å². The molecule has 0 atom stereocenters. The number of hydrogen-bond acceptors (Lipinski definition) is 2. The zero-order valence-corrected chi connectivity index (χ0v) is 56.5. The van der Waals surface area contributed by atoms with Crippen LogP contribution in [0.1, 0.15) is 66.8 Å². The van der Waals surface area contributed by atoms with E-state index in [1.54, 1.807) is 0 Å². The highest BCUT2D eigenvalue weighted by Crippen LogP contribution is 2.60. The standard InChI is InChI=1S/C98H72N2/c1-65-27-25-43-83(75-49-47-69-29-17-19-31-71(69)61-75)95(65)99(81-53-55-87-85-41-21-23-45-89(85)97(91(87)63-81,77-33-9-5-10-34-77)78-35-11-6-12-36-78)93-57-51-73(59-67(93)3)74-52-58-94(68(4)60-74)100(96-66(2)28-26-44-84(96)76-50-48-70-30-18-20-32-72(70)62-76)82-54-56-88-86-42-22-24-46-90(86)98(92(88)64-82,79-37-13-7-14-38-79)80-39-15-8-16-40-80/h5-64H,1-4H3. The average molecular weight is 1280 g/mol. The van der Waals surface area contributed by atoms with Gasteiger partial charge in [0.15, 0.2) is 0 Å². The molecule has 2 heteroatoms. The third-order valence-corrected chi connectivity index (χ3v) is 21.7. The van der Waals surface area contributed by atoms with Crippen molar-refractivity contribution in [3.8, 4) is 55.6 Å². The summed E-state index contributed by atoms with van der Waals surface area (Å²) in [5.74, 6) is 0. The minimum Gasteiger partial charge on any atom is -0.309 e. The Kier molecular flexibility index (Phi) is 14.6. The van der Waals surface area contributed by atoms with Crippen molar-refractivity contribution in [3.63, 3.8) is 0 Å². The van der Waals surface area contributed by atoms with Crippen molar-refractivity contribution >= 4 is 55.7 Å². The summed E-state index contributed by atoms with van der Waals surface area (Å²) in [5.41, 5.74) is 32.3. The van der Waals surface area contributed by atoms with E-state index < -0.39 is 10.8 Å². The zero-order chi connectivity index (χ0) is 67.1. The zero-order valence-electron chi connectivity index (χ0n) is 56.5. The number of benzene rings is 16. The molecule has 18 rings (SSSR count). The SMILES string of the molecule is Cc1cc(-c2ccc(N(c3ccc4c(c3)C(c3ccccc3)(c3ccccc3)c3ccccc3-4)c3c(C)cccc3-c3ccc4ccccc4c3)c(C)c2)ccc1N(c1ccc2c(c1)C(c1ccccc1)(c1ccccc1)c1ccccc1-2)c1c(C)cccc1-c1ccc2ccccc2c1. The number of nitrogens with zero attached hydrogens (tertiary/aromatic N) is 2. The van der Waals surface area contributed by atoms with E-state index in [1.165, 1.54) is 122 Å². The molecule has 2 aliphatic carbocycles. The Morgan fingerprint density at radius 2 is 0.520 bits per heavy atom. The van der Waals surface area contributed by atoms with Gasteiger partial charge in [-0.05, 0) is 221 Å². The molecule has 0 heterocycles. The van der Waals surface area contributed by atoms with Gasteiger partial charge in [0.1, 0.15) is 0 Å². The molecular formula is C98H72N2. The summed E-state index contributed by atoms with van der Waals surface area (Å²) >= 11 is 0. The van der Waals surface area contributed by atoms with E-state index in [2.05, 4.69) is 401 Å². The van der Waals surface area contributed by atoms with Crippen LogP contribution in [0.2, 0.25) is 0 Å².